The van der Waals surface area contributed by atoms with Gasteiger partial charge in [-0.05, 0) is 215 Å². The van der Waals surface area contributed by atoms with Crippen LogP contribution < -0.4 is 61.0 Å². The molecular weight excluding hydrogens is 1680 g/mol. The number of amidine groups is 1. The molecule has 31 nitrogen and oxygen atoms in total. The van der Waals surface area contributed by atoms with Gasteiger partial charge < -0.3 is 84.8 Å². The lowest BCUT2D eigenvalue weighted by atomic mass is 9.86. The first-order valence-corrected chi connectivity index (χ1v) is 44.5. The molecule has 132 heavy (non-hydrogen) atoms. The Balaban J connectivity index is 0.000000436. The van der Waals surface area contributed by atoms with Crippen LogP contribution >= 0.6 is 0 Å². The Morgan fingerprint density at radius 2 is 0.712 bits per heavy atom. The van der Waals surface area contributed by atoms with E-state index in [0.29, 0.717) is 86.7 Å². The lowest BCUT2D eigenvalue weighted by Gasteiger charge is -2.26. The molecule has 19 N–H and O–H groups in total. The van der Waals surface area contributed by atoms with E-state index < -0.39 is 120 Å². The molecule has 0 radical (unpaired) electrons. The normalized spacial score (nSPS) is 12.9. The second-order valence-corrected chi connectivity index (χ2v) is 32.9. The van der Waals surface area contributed by atoms with Gasteiger partial charge in [0.15, 0.2) is 23.3 Å². The molecule has 8 aromatic carbocycles. The molecular formula is C101H127N13O18. The molecule has 0 bridgehead atoms. The second kappa shape index (κ2) is 57.2. The number of Topliss-reactive ketones (excluding diaryl/α,β-unsaturated/α-hetero) is 4. The fraction of sp³-hybridized carbons (Fsp3) is 0.386. The number of nitrogens with two attached hydrogens (primary N) is 6. The number of esters is 1. The Kier molecular flexibility index (Phi) is 45.5. The van der Waals surface area contributed by atoms with E-state index >= 15 is 0 Å². The summed E-state index contributed by atoms with van der Waals surface area (Å²) in [5, 5.41) is 34.3. The van der Waals surface area contributed by atoms with Crippen molar-refractivity contribution in [2.45, 2.75) is 200 Å². The molecule has 0 aromatic heterocycles. The zero-order valence-corrected chi connectivity index (χ0v) is 75.6. The van der Waals surface area contributed by atoms with Crippen molar-refractivity contribution in [1.29, 1.82) is 0 Å². The maximum Gasteiger partial charge on any atom is 0.412 e. The molecule has 7 amide bonds. The number of aliphatic imine (C=N–C) groups is 2. The summed E-state index contributed by atoms with van der Waals surface area (Å²) >= 11 is 0. The monoisotopic (exact) mass is 1810 g/mol. The Hall–Kier alpha value is -13.9. The topological polar surface area (TPSA) is 523 Å². The van der Waals surface area contributed by atoms with E-state index in [4.69, 9.17) is 53.3 Å². The van der Waals surface area contributed by atoms with Crippen LogP contribution in [0.1, 0.15) is 163 Å². The molecule has 31 heteroatoms. The van der Waals surface area contributed by atoms with Gasteiger partial charge in [0, 0.05) is 69.0 Å². The highest BCUT2D eigenvalue weighted by Gasteiger charge is 2.35. The smallest absolute Gasteiger partial charge is 0.412 e. The highest BCUT2D eigenvalue weighted by Crippen LogP contribution is 2.29. The minimum absolute atomic E-state index is 0.00242. The average molecular weight is 1810 g/mol. The summed E-state index contributed by atoms with van der Waals surface area (Å²) in [5.41, 5.74) is 43.1. The van der Waals surface area contributed by atoms with Gasteiger partial charge in [-0.25, -0.2) is 14.4 Å². The number of nitrogens with zero attached hydrogens (tertiary/aromatic N) is 2. The molecule has 0 aliphatic rings. The number of nitrogens with one attached hydrogen (secondary N) is 5. The third-order valence-electron chi connectivity index (χ3n) is 22.2. The van der Waals surface area contributed by atoms with Crippen molar-refractivity contribution in [3.63, 3.8) is 0 Å². The van der Waals surface area contributed by atoms with Crippen LogP contribution in [0, 0.1) is 51.4 Å². The lowest BCUT2D eigenvalue weighted by Crippen LogP contribution is -2.47. The highest BCUT2D eigenvalue weighted by atomic mass is 16.6. The largest absolute Gasteiger partial charge is 0.508 e. The van der Waals surface area contributed by atoms with Gasteiger partial charge in [0.05, 0.1) is 24.2 Å². The number of ether oxygens (including phenoxy) is 4. The van der Waals surface area contributed by atoms with Gasteiger partial charge in [-0.1, -0.05) is 182 Å². The van der Waals surface area contributed by atoms with Crippen molar-refractivity contribution >= 4 is 82.8 Å². The first kappa shape index (κ1) is 105. The molecule has 8 aromatic rings. The molecule has 0 aliphatic carbocycles. The molecule has 0 aliphatic heterocycles. The number of unbranched alkanes of at least 4 members (excludes halogenated alkanes) is 2. The first-order chi connectivity index (χ1) is 63.4. The van der Waals surface area contributed by atoms with Gasteiger partial charge in [-0.3, -0.25) is 58.5 Å². The highest BCUT2D eigenvalue weighted by molar-refractivity contribution is 6.04. The van der Waals surface area contributed by atoms with Gasteiger partial charge in [0.1, 0.15) is 56.0 Å². The molecule has 0 fully saturated rings. The number of hydrogen-bond acceptors (Lipinski definition) is 22. The summed E-state index contributed by atoms with van der Waals surface area (Å²) in [6.45, 7) is 7.89. The number of phenolic OH excluding ortho intramolecular Hbond substituents is 2. The van der Waals surface area contributed by atoms with Crippen LogP contribution in [0.25, 0.3) is 0 Å². The summed E-state index contributed by atoms with van der Waals surface area (Å²) in [4.78, 5) is 171. The van der Waals surface area contributed by atoms with E-state index in [9.17, 15) is 67.7 Å². The number of primary amides is 2. The number of amides is 7. The van der Waals surface area contributed by atoms with Crippen LogP contribution in [0.5, 0.6) is 11.5 Å². The number of phenols is 2. The van der Waals surface area contributed by atoms with Crippen molar-refractivity contribution < 1.29 is 86.7 Å². The Labute approximate surface area is 771 Å². The Morgan fingerprint density at radius 1 is 0.371 bits per heavy atom. The minimum Gasteiger partial charge on any atom is -0.508 e. The summed E-state index contributed by atoms with van der Waals surface area (Å²) < 4.78 is 21.8. The molecule has 0 heterocycles. The third kappa shape index (κ3) is 39.6. The third-order valence-corrected chi connectivity index (χ3v) is 22.2. The standard InChI is InChI=1S/C67H76N6O13.C34H51N7O5/c1-46-35-55(74)36-47(2)56(46)38-54(64(79)71-57(59(75)39-53(63(68)78)37-48-21-8-3-9-22-48)31-18-19-33-70-65(80)84-43-50-25-12-5-13-26-50)40-60(76)58(72-66(81)85-44-51-27-14-6-15-28-51)32-20-34-69-61(41-62(77)83-42-49-23-10-4-11-24-49)73-67(82)86-45-52-29-16-7-17-30-52;1-21-15-26(42)16-22(2)27(21)18-25(20-30(43)28(36)11-8-14-40-34(38)39)33(46)41-29(12-6-7-13-35)31(44)19-24(32(37)45)17-23-9-4-3-5-10-23/h3-17,21-30,35-36,53-54,57-58,74H,18-20,31-34,37-45H2,1-2H3,(H2,68,78)(H,70,80)(H,71,79)(H,72,81)(H,69,73,82);3-5,9-10,15-16,24-25,28-29,42H,6-8,11-14,17-20,35-36H2,1-2H3,(H2,37,45)(H,41,46)(H4,38,39,40)/t53?,54-,57+,58?;24?,25-,28?,29+/m11/s1. The van der Waals surface area contributed by atoms with Gasteiger partial charge in [0.2, 0.25) is 23.6 Å². The van der Waals surface area contributed by atoms with E-state index in [0.717, 1.165) is 44.5 Å². The molecule has 8 atom stereocenters. The molecule has 704 valence electrons. The van der Waals surface area contributed by atoms with Crippen LogP contribution in [0.3, 0.4) is 0 Å². The van der Waals surface area contributed by atoms with E-state index in [1.807, 2.05) is 123 Å². The molecule has 0 spiro atoms. The van der Waals surface area contributed by atoms with Crippen molar-refractivity contribution in [2.75, 3.05) is 26.2 Å². The van der Waals surface area contributed by atoms with Crippen LogP contribution in [-0.4, -0.2) is 143 Å². The van der Waals surface area contributed by atoms with E-state index in [1.165, 1.54) is 12.1 Å². The fourth-order valence-electron chi connectivity index (χ4n) is 15.0. The number of ketones is 4. The maximum absolute atomic E-state index is 15.0. The number of guanidine groups is 1. The van der Waals surface area contributed by atoms with Crippen molar-refractivity contribution in [2.24, 2.45) is 68.1 Å². The van der Waals surface area contributed by atoms with Crippen molar-refractivity contribution in [3.05, 3.63) is 273 Å². The second-order valence-electron chi connectivity index (χ2n) is 32.9. The van der Waals surface area contributed by atoms with Crippen molar-refractivity contribution in [3.8, 4) is 11.5 Å². The molecule has 0 saturated carbocycles. The van der Waals surface area contributed by atoms with Gasteiger partial charge >= 0.3 is 24.2 Å². The number of carbonyl (C=O) groups excluding carboxylic acids is 12. The van der Waals surface area contributed by atoms with Crippen LogP contribution in [0.2, 0.25) is 0 Å². The summed E-state index contributed by atoms with van der Waals surface area (Å²) in [6, 6.07) is 56.6. The van der Waals surface area contributed by atoms with Gasteiger partial charge in [0.25, 0.3) is 0 Å². The number of aromatic hydroxyl groups is 2. The Morgan fingerprint density at radius 3 is 1.11 bits per heavy atom. The number of aryl methyl sites for hydroxylation is 4. The zero-order valence-electron chi connectivity index (χ0n) is 75.6. The predicted octanol–water partition coefficient (Wildman–Crippen LogP) is 11.0. The van der Waals surface area contributed by atoms with Crippen molar-refractivity contribution in [1.82, 2.24) is 26.6 Å². The number of carbonyl (C=O) groups is 12. The van der Waals surface area contributed by atoms with E-state index in [-0.39, 0.29) is 132 Å². The average Bonchev–Trinajstić information content (AvgIpc) is 0.838. The number of rotatable bonds is 54. The van der Waals surface area contributed by atoms with Crippen LogP contribution in [0.15, 0.2) is 216 Å². The summed E-state index contributed by atoms with van der Waals surface area (Å²) in [6.07, 6.45) is -0.0997. The van der Waals surface area contributed by atoms with Gasteiger partial charge in [-0.2, -0.15) is 0 Å². The predicted molar refractivity (Wildman–Crippen MR) is 503 cm³/mol. The number of alkyl carbamates (subject to hydrolysis) is 3. The lowest BCUT2D eigenvalue weighted by molar-refractivity contribution is -0.143. The van der Waals surface area contributed by atoms with E-state index in [1.54, 1.807) is 98.8 Å². The number of benzene rings is 8. The molecule has 0 saturated heterocycles. The van der Waals surface area contributed by atoms with Crippen LogP contribution in [-0.2, 0) is 114 Å². The Bertz CT molecular complexity index is 5000. The fourth-order valence-corrected chi connectivity index (χ4v) is 15.0. The first-order valence-electron chi connectivity index (χ1n) is 44.5. The summed E-state index contributed by atoms with van der Waals surface area (Å²) in [5.74, 6) is -8.50. The summed E-state index contributed by atoms with van der Waals surface area (Å²) in [7, 11) is 0. The SMILES string of the molecule is Cc1cc(O)cc(C)c1C[C@H](CC(=O)C(CCCN=C(CC(=O)OCc1ccccc1)NC(=O)OCc1ccccc1)NC(=O)OCc1ccccc1)C(=O)N[C@@H](CCCCNC(=O)OCc1ccccc1)C(=O)CC(Cc1ccccc1)C(N)=O.Cc1cc(O)cc(C)c1C[C@H](CC(=O)C(N)CCCN=C(N)N)C(=O)N[C@@H](CCCCN)C(=O)CC(Cc1ccccc1)C(N)=O. The molecule has 4 unspecified atom stereocenters. The van der Waals surface area contributed by atoms with Gasteiger partial charge in [-0.15, -0.1) is 0 Å². The minimum atomic E-state index is -1.27. The quantitative estimate of drug-likeness (QED) is 0.00553. The number of hydrogen-bond donors (Lipinski definition) is 13. The van der Waals surface area contributed by atoms with E-state index in [2.05, 4.69) is 36.6 Å². The molecule has 8 rings (SSSR count). The zero-order chi connectivity index (χ0) is 95.7. The van der Waals surface area contributed by atoms with Crippen LogP contribution in [0.4, 0.5) is 14.4 Å². The maximum atomic E-state index is 15.0.